The second-order valence-electron chi connectivity index (χ2n) is 17.5. The maximum atomic E-state index is 12.8. The Bertz CT molecular complexity index is 1620. The maximum Gasteiger partial charge on any atom is 0.306 e. The molecule has 0 N–H and O–H groups in total. The van der Waals surface area contributed by atoms with Crippen molar-refractivity contribution in [1.29, 1.82) is 0 Å². The Balaban J connectivity index is 4.65. The number of allylic oxidation sites excluding steroid dienone is 26. The number of rotatable bonds is 47. The molecule has 0 radical (unpaired) electrons. The molecule has 1 atom stereocenters. The van der Waals surface area contributed by atoms with Gasteiger partial charge in [0.25, 0.3) is 0 Å². The Morgan fingerprint density at radius 2 is 0.657 bits per heavy atom. The summed E-state index contributed by atoms with van der Waals surface area (Å²) < 4.78 is 16.7. The quantitative estimate of drug-likeness (QED) is 0.0199. The van der Waals surface area contributed by atoms with Crippen LogP contribution in [0.3, 0.4) is 0 Å². The molecule has 0 aliphatic carbocycles. The van der Waals surface area contributed by atoms with E-state index in [-0.39, 0.29) is 38.0 Å². The minimum atomic E-state index is -0.848. The number of esters is 3. The molecule has 0 bridgehead atoms. The summed E-state index contributed by atoms with van der Waals surface area (Å²) in [5, 5.41) is 0. The molecule has 0 aromatic carbocycles. The first-order chi connectivity index (χ1) is 34.5. The Labute approximate surface area is 429 Å². The fourth-order valence-corrected chi connectivity index (χ4v) is 6.76. The number of hydrogen-bond donors (Lipinski definition) is 0. The molecule has 0 heterocycles. The van der Waals surface area contributed by atoms with E-state index < -0.39 is 12.1 Å². The van der Waals surface area contributed by atoms with Crippen LogP contribution in [0.15, 0.2) is 158 Å². The Morgan fingerprint density at radius 3 is 1.11 bits per heavy atom. The van der Waals surface area contributed by atoms with Gasteiger partial charge in [0, 0.05) is 19.3 Å². The van der Waals surface area contributed by atoms with Crippen LogP contribution >= 0.6 is 0 Å². The van der Waals surface area contributed by atoms with Gasteiger partial charge in [0.15, 0.2) is 6.10 Å². The first kappa shape index (κ1) is 65.0. The van der Waals surface area contributed by atoms with Crippen LogP contribution in [0.2, 0.25) is 0 Å². The number of hydrogen-bond acceptors (Lipinski definition) is 6. The van der Waals surface area contributed by atoms with Crippen LogP contribution in [0.25, 0.3) is 0 Å². The lowest BCUT2D eigenvalue weighted by Gasteiger charge is -2.18. The van der Waals surface area contributed by atoms with Gasteiger partial charge in [-0.3, -0.25) is 14.4 Å². The summed E-state index contributed by atoms with van der Waals surface area (Å²) >= 11 is 0. The summed E-state index contributed by atoms with van der Waals surface area (Å²) in [6, 6.07) is 0. The Hall–Kier alpha value is -4.97. The van der Waals surface area contributed by atoms with Crippen molar-refractivity contribution < 1.29 is 28.6 Å². The molecule has 0 spiro atoms. The van der Waals surface area contributed by atoms with Crippen molar-refractivity contribution in [3.05, 3.63) is 158 Å². The highest BCUT2D eigenvalue weighted by Gasteiger charge is 2.19. The highest BCUT2D eigenvalue weighted by atomic mass is 16.6. The molecular formula is C64H98O6. The molecule has 0 aromatic rings. The second kappa shape index (κ2) is 56.6. The third-order valence-electron chi connectivity index (χ3n) is 10.8. The van der Waals surface area contributed by atoms with E-state index in [0.717, 1.165) is 103 Å². The summed E-state index contributed by atoms with van der Waals surface area (Å²) in [7, 11) is 0. The van der Waals surface area contributed by atoms with Crippen LogP contribution < -0.4 is 0 Å². The highest BCUT2D eigenvalue weighted by Crippen LogP contribution is 2.11. The second-order valence-corrected chi connectivity index (χ2v) is 17.5. The van der Waals surface area contributed by atoms with Crippen molar-refractivity contribution >= 4 is 17.9 Å². The van der Waals surface area contributed by atoms with Crippen molar-refractivity contribution in [3.8, 4) is 0 Å². The van der Waals surface area contributed by atoms with Crippen LogP contribution in [-0.4, -0.2) is 37.2 Å². The van der Waals surface area contributed by atoms with Crippen LogP contribution in [-0.2, 0) is 28.6 Å². The molecular weight excluding hydrogens is 865 g/mol. The molecule has 6 heteroatoms. The predicted molar refractivity (Wildman–Crippen MR) is 302 cm³/mol. The largest absolute Gasteiger partial charge is 0.462 e. The fourth-order valence-electron chi connectivity index (χ4n) is 6.76. The van der Waals surface area contributed by atoms with E-state index >= 15 is 0 Å². The van der Waals surface area contributed by atoms with Gasteiger partial charge in [-0.25, -0.2) is 0 Å². The molecule has 1 unspecified atom stereocenters. The van der Waals surface area contributed by atoms with E-state index in [4.69, 9.17) is 14.2 Å². The van der Waals surface area contributed by atoms with Crippen LogP contribution in [0, 0.1) is 0 Å². The number of ether oxygens (including phenoxy) is 3. The zero-order chi connectivity index (χ0) is 50.7. The summed E-state index contributed by atoms with van der Waals surface area (Å²) in [4.78, 5) is 38.1. The SMILES string of the molecule is CC/C=C\C/C=C\C/C=C\C/C=C\C/C=C\CCCC(=O)OC(COC(=O)CCC/C=C\C/C=C\C/C=C\CCCCCCCC)COC(=O)CCCCCCC\C=C/C=C\C=C/C=C\C=C/CCC. The lowest BCUT2D eigenvalue weighted by atomic mass is 10.1. The van der Waals surface area contributed by atoms with Gasteiger partial charge in [-0.1, -0.05) is 237 Å². The average Bonchev–Trinajstić information content (AvgIpc) is 3.36. The molecule has 0 rings (SSSR count). The Morgan fingerprint density at radius 1 is 0.314 bits per heavy atom. The standard InChI is InChI=1S/C64H98O6/c1-4-7-10-13-16-19-22-25-28-31-34-36-39-42-45-48-51-54-57-63(66)69-60-61(70-64(67)58-55-52-49-46-43-40-37-33-30-27-24-21-18-15-12-9-6-3)59-68-62(65)56-53-50-47-44-41-38-35-32-29-26-23-20-17-14-11-8-5-2/h9-10,12-13,16,18-19,21-22,25-31,34-38,40,44,46-47,49,61H,4-8,11,14-15,17,20,23-24,32-33,39,41-43,45,48,50-60H2,1-3H3/b12-9-,13-10-,19-16-,21-18-,25-22-,29-26-,30-27-,31-28-,36-34-,38-35-,40-37-,47-44-,49-46-. The van der Waals surface area contributed by atoms with Crippen molar-refractivity contribution in [2.45, 2.75) is 213 Å². The van der Waals surface area contributed by atoms with Gasteiger partial charge >= 0.3 is 17.9 Å². The van der Waals surface area contributed by atoms with Crippen LogP contribution in [0.1, 0.15) is 207 Å². The summed E-state index contributed by atoms with van der Waals surface area (Å²) in [6.45, 7) is 6.29. The molecule has 0 saturated carbocycles. The highest BCUT2D eigenvalue weighted by molar-refractivity contribution is 5.71. The fraction of sp³-hybridized carbons (Fsp3) is 0.547. The molecule has 0 fully saturated rings. The van der Waals surface area contributed by atoms with E-state index in [1.807, 2.05) is 36.5 Å². The third kappa shape index (κ3) is 54.0. The summed E-state index contributed by atoms with van der Waals surface area (Å²) in [6.07, 6.45) is 82.3. The van der Waals surface area contributed by atoms with Gasteiger partial charge in [-0.15, -0.1) is 0 Å². The molecule has 390 valence electrons. The van der Waals surface area contributed by atoms with Gasteiger partial charge in [0.1, 0.15) is 13.2 Å². The van der Waals surface area contributed by atoms with E-state index in [0.29, 0.717) is 19.3 Å². The van der Waals surface area contributed by atoms with Gasteiger partial charge in [0.2, 0.25) is 0 Å². The van der Waals surface area contributed by atoms with Crippen molar-refractivity contribution in [1.82, 2.24) is 0 Å². The summed E-state index contributed by atoms with van der Waals surface area (Å²) in [5.74, 6) is -1.08. The maximum absolute atomic E-state index is 12.8. The lowest BCUT2D eigenvalue weighted by molar-refractivity contribution is -0.167. The zero-order valence-corrected chi connectivity index (χ0v) is 44.5. The molecule has 0 saturated heterocycles. The van der Waals surface area contributed by atoms with E-state index in [2.05, 4.69) is 142 Å². The topological polar surface area (TPSA) is 78.9 Å². The van der Waals surface area contributed by atoms with E-state index in [1.54, 1.807) is 0 Å². The van der Waals surface area contributed by atoms with Gasteiger partial charge in [-0.05, 0) is 109 Å². The lowest BCUT2D eigenvalue weighted by Crippen LogP contribution is -2.30. The van der Waals surface area contributed by atoms with Gasteiger partial charge in [0.05, 0.1) is 0 Å². The van der Waals surface area contributed by atoms with Crippen LogP contribution in [0.4, 0.5) is 0 Å². The number of unbranched alkanes of at least 4 members (excludes halogenated alkanes) is 14. The number of carbonyl (C=O) groups is 3. The monoisotopic (exact) mass is 963 g/mol. The molecule has 70 heavy (non-hydrogen) atoms. The van der Waals surface area contributed by atoms with Crippen molar-refractivity contribution in [2.75, 3.05) is 13.2 Å². The first-order valence-electron chi connectivity index (χ1n) is 27.6. The molecule has 0 aromatic heterocycles. The average molecular weight is 963 g/mol. The van der Waals surface area contributed by atoms with Gasteiger partial charge in [-0.2, -0.15) is 0 Å². The smallest absolute Gasteiger partial charge is 0.306 e. The van der Waals surface area contributed by atoms with Crippen molar-refractivity contribution in [3.63, 3.8) is 0 Å². The van der Waals surface area contributed by atoms with E-state index in [1.165, 1.54) is 51.4 Å². The van der Waals surface area contributed by atoms with Crippen LogP contribution in [0.5, 0.6) is 0 Å². The van der Waals surface area contributed by atoms with Gasteiger partial charge < -0.3 is 14.2 Å². The third-order valence-corrected chi connectivity index (χ3v) is 10.8. The minimum Gasteiger partial charge on any atom is -0.462 e. The molecule has 0 amide bonds. The first-order valence-corrected chi connectivity index (χ1v) is 27.6. The van der Waals surface area contributed by atoms with E-state index in [9.17, 15) is 14.4 Å². The molecule has 0 aliphatic heterocycles. The van der Waals surface area contributed by atoms with Crippen molar-refractivity contribution in [2.24, 2.45) is 0 Å². The minimum absolute atomic E-state index is 0.137. The Kier molecular flexibility index (Phi) is 52.6. The number of carbonyl (C=O) groups excluding carboxylic acids is 3. The predicted octanol–water partition coefficient (Wildman–Crippen LogP) is 18.6. The molecule has 0 aliphatic rings. The normalized spacial score (nSPS) is 13.4. The molecule has 6 nitrogen and oxygen atoms in total. The zero-order valence-electron chi connectivity index (χ0n) is 44.5. The summed E-state index contributed by atoms with van der Waals surface area (Å²) in [5.41, 5.74) is 0.